The fraction of sp³-hybridized carbons (Fsp3) is 0.600. The minimum Gasteiger partial charge on any atom is -0.320 e. The maximum absolute atomic E-state index is 5.71. The van der Waals surface area contributed by atoms with Crippen molar-refractivity contribution in [1.29, 1.82) is 0 Å². The predicted molar refractivity (Wildman–Crippen MR) is 37.1 cm³/mol. The number of hydrogen-bond donors (Lipinski definition) is 1. The summed E-state index contributed by atoms with van der Waals surface area (Å²) >= 11 is 1.33. The van der Waals surface area contributed by atoms with Crippen LogP contribution in [0.25, 0.3) is 0 Å². The smallest absolute Gasteiger partial charge is 0.0948 e. The van der Waals surface area contributed by atoms with Gasteiger partial charge in [0.15, 0.2) is 0 Å². The molecule has 0 saturated heterocycles. The van der Waals surface area contributed by atoms with Crippen LogP contribution < -0.4 is 5.73 Å². The van der Waals surface area contributed by atoms with Crippen molar-refractivity contribution in [2.75, 3.05) is 0 Å². The van der Waals surface area contributed by atoms with Crippen LogP contribution in [0.3, 0.4) is 0 Å². The lowest BCUT2D eigenvalue weighted by Crippen LogP contribution is -2.28. The zero-order valence-corrected chi connectivity index (χ0v) is 6.27. The Morgan fingerprint density at radius 1 is 1.67 bits per heavy atom. The number of aromatic nitrogens is 2. The summed E-state index contributed by atoms with van der Waals surface area (Å²) in [6, 6.07) is 0. The molecule has 0 saturated carbocycles. The molecule has 0 unspecified atom stereocenters. The minimum absolute atomic E-state index is 0.340. The van der Waals surface area contributed by atoms with E-state index in [0.717, 1.165) is 5.69 Å². The van der Waals surface area contributed by atoms with Crippen LogP contribution in [0.15, 0.2) is 5.38 Å². The molecule has 0 fully saturated rings. The summed E-state index contributed by atoms with van der Waals surface area (Å²) in [5.74, 6) is 0. The molecule has 9 heavy (non-hydrogen) atoms. The summed E-state index contributed by atoms with van der Waals surface area (Å²) in [6.45, 7) is 3.81. The van der Waals surface area contributed by atoms with Crippen LogP contribution in [0.1, 0.15) is 19.5 Å². The van der Waals surface area contributed by atoms with Crippen molar-refractivity contribution in [3.05, 3.63) is 11.1 Å². The predicted octanol–water partition coefficient (Wildman–Crippen LogP) is 0.732. The Morgan fingerprint density at radius 2 is 2.33 bits per heavy atom. The van der Waals surface area contributed by atoms with E-state index in [9.17, 15) is 0 Å². The van der Waals surface area contributed by atoms with Gasteiger partial charge < -0.3 is 5.73 Å². The molecule has 50 valence electrons. The van der Waals surface area contributed by atoms with Crippen molar-refractivity contribution in [2.24, 2.45) is 5.73 Å². The summed E-state index contributed by atoms with van der Waals surface area (Å²) in [4.78, 5) is 0. The van der Waals surface area contributed by atoms with Crippen molar-refractivity contribution in [3.63, 3.8) is 0 Å². The first-order valence-corrected chi connectivity index (χ1v) is 3.51. The van der Waals surface area contributed by atoms with Crippen LogP contribution in [0.4, 0.5) is 0 Å². The molecule has 0 aromatic carbocycles. The van der Waals surface area contributed by atoms with Crippen molar-refractivity contribution >= 4 is 11.5 Å². The number of nitrogens with zero attached hydrogens (tertiary/aromatic N) is 2. The van der Waals surface area contributed by atoms with Gasteiger partial charge in [0.05, 0.1) is 11.2 Å². The van der Waals surface area contributed by atoms with Crippen LogP contribution in [-0.4, -0.2) is 9.59 Å². The monoisotopic (exact) mass is 143 g/mol. The molecule has 0 spiro atoms. The number of nitrogens with two attached hydrogens (primary N) is 1. The van der Waals surface area contributed by atoms with Gasteiger partial charge in [-0.25, -0.2) is 0 Å². The Morgan fingerprint density at radius 3 is 2.56 bits per heavy atom. The van der Waals surface area contributed by atoms with Crippen molar-refractivity contribution in [3.8, 4) is 0 Å². The molecule has 0 aliphatic rings. The normalized spacial score (nSPS) is 11.9. The van der Waals surface area contributed by atoms with Gasteiger partial charge in [-0.3, -0.25) is 0 Å². The first-order chi connectivity index (χ1) is 4.11. The second-order valence-electron chi connectivity index (χ2n) is 2.51. The molecule has 1 heterocycles. The molecule has 1 rings (SSSR count). The lowest BCUT2D eigenvalue weighted by Gasteiger charge is -2.12. The van der Waals surface area contributed by atoms with E-state index in [2.05, 4.69) is 9.59 Å². The Hall–Kier alpha value is -0.480. The van der Waals surface area contributed by atoms with Gasteiger partial charge in [-0.05, 0) is 25.4 Å². The maximum atomic E-state index is 5.71. The van der Waals surface area contributed by atoms with E-state index >= 15 is 0 Å². The molecular formula is C5H9N3S. The van der Waals surface area contributed by atoms with Gasteiger partial charge in [0.1, 0.15) is 0 Å². The summed E-state index contributed by atoms with van der Waals surface area (Å²) in [5, 5.41) is 5.69. The summed E-state index contributed by atoms with van der Waals surface area (Å²) < 4.78 is 3.70. The highest BCUT2D eigenvalue weighted by Gasteiger charge is 2.16. The largest absolute Gasteiger partial charge is 0.320 e. The van der Waals surface area contributed by atoms with E-state index in [0.29, 0.717) is 0 Å². The van der Waals surface area contributed by atoms with Gasteiger partial charge in [-0.2, -0.15) is 0 Å². The third-order valence-corrected chi connectivity index (χ3v) is 1.52. The number of rotatable bonds is 1. The van der Waals surface area contributed by atoms with Gasteiger partial charge >= 0.3 is 0 Å². The van der Waals surface area contributed by atoms with Crippen LogP contribution in [-0.2, 0) is 5.54 Å². The zero-order valence-electron chi connectivity index (χ0n) is 5.46. The molecule has 0 amide bonds. The Bertz CT molecular complexity index is 175. The quantitative estimate of drug-likeness (QED) is 0.630. The lowest BCUT2D eigenvalue weighted by atomic mass is 10.0. The van der Waals surface area contributed by atoms with E-state index < -0.39 is 0 Å². The lowest BCUT2D eigenvalue weighted by molar-refractivity contribution is 0.533. The first kappa shape index (κ1) is 6.64. The molecule has 2 N–H and O–H groups in total. The molecule has 1 aromatic rings. The van der Waals surface area contributed by atoms with E-state index in [1.807, 2.05) is 19.2 Å². The minimum atomic E-state index is -0.340. The molecular weight excluding hydrogens is 134 g/mol. The van der Waals surface area contributed by atoms with Crippen molar-refractivity contribution in [1.82, 2.24) is 9.59 Å². The van der Waals surface area contributed by atoms with Gasteiger partial charge in [-0.1, -0.05) is 4.49 Å². The highest BCUT2D eigenvalue weighted by atomic mass is 32.1. The average Bonchev–Trinajstić information content (AvgIpc) is 2.08. The fourth-order valence-electron chi connectivity index (χ4n) is 0.445. The second-order valence-corrected chi connectivity index (χ2v) is 3.12. The first-order valence-electron chi connectivity index (χ1n) is 2.67. The molecule has 1 aromatic heterocycles. The number of hydrogen-bond acceptors (Lipinski definition) is 4. The van der Waals surface area contributed by atoms with Crippen molar-refractivity contribution < 1.29 is 0 Å². The Labute approximate surface area is 58.1 Å². The zero-order chi connectivity index (χ0) is 6.91. The molecule has 0 aliphatic carbocycles. The summed E-state index contributed by atoms with van der Waals surface area (Å²) in [5.41, 5.74) is 6.22. The van der Waals surface area contributed by atoms with Crippen LogP contribution in [0.2, 0.25) is 0 Å². The molecule has 3 nitrogen and oxygen atoms in total. The summed E-state index contributed by atoms with van der Waals surface area (Å²) in [6.07, 6.45) is 0. The van der Waals surface area contributed by atoms with E-state index in [-0.39, 0.29) is 5.54 Å². The molecule has 4 heteroatoms. The molecule has 0 bridgehead atoms. The van der Waals surface area contributed by atoms with Gasteiger partial charge in [-0.15, -0.1) is 5.10 Å². The van der Waals surface area contributed by atoms with Gasteiger partial charge in [0.25, 0.3) is 0 Å². The van der Waals surface area contributed by atoms with Gasteiger partial charge in [0, 0.05) is 5.38 Å². The Kier molecular flexibility index (Phi) is 1.50. The third-order valence-electron chi connectivity index (χ3n) is 1.02. The standard InChI is InChI=1S/C5H9N3S/c1-5(2,6)4-3-9-8-7-4/h3H,6H2,1-2H3. The van der Waals surface area contributed by atoms with Crippen LogP contribution in [0.5, 0.6) is 0 Å². The van der Waals surface area contributed by atoms with Crippen LogP contribution in [0, 0.1) is 0 Å². The topological polar surface area (TPSA) is 51.8 Å². The molecule has 0 radical (unpaired) electrons. The fourth-order valence-corrected chi connectivity index (χ4v) is 1.08. The van der Waals surface area contributed by atoms with E-state index in [1.165, 1.54) is 11.5 Å². The SMILES string of the molecule is CC(C)(N)c1csnn1. The van der Waals surface area contributed by atoms with Crippen molar-refractivity contribution in [2.45, 2.75) is 19.4 Å². The maximum Gasteiger partial charge on any atom is 0.0948 e. The highest BCUT2D eigenvalue weighted by molar-refractivity contribution is 7.03. The molecule has 0 atom stereocenters. The summed E-state index contributed by atoms with van der Waals surface area (Å²) in [7, 11) is 0. The second kappa shape index (κ2) is 2.04. The van der Waals surface area contributed by atoms with E-state index in [4.69, 9.17) is 5.73 Å². The highest BCUT2D eigenvalue weighted by Crippen LogP contribution is 2.13. The average molecular weight is 143 g/mol. The van der Waals surface area contributed by atoms with E-state index in [1.54, 1.807) is 0 Å². The van der Waals surface area contributed by atoms with Gasteiger partial charge in [0.2, 0.25) is 0 Å². The third kappa shape index (κ3) is 1.46. The molecule has 0 aliphatic heterocycles. The Balaban J connectivity index is 2.90. The van der Waals surface area contributed by atoms with Crippen LogP contribution >= 0.6 is 11.5 Å².